The predicted molar refractivity (Wildman–Crippen MR) is 132 cm³/mol. The molecule has 7 nitrogen and oxygen atoms in total. The molecule has 0 saturated heterocycles. The number of anilines is 3. The number of hydrogen-bond donors (Lipinski definition) is 2. The molecular weight excluding hydrogens is 400 g/mol. The quantitative estimate of drug-likeness (QED) is 0.438. The molecule has 3 heterocycles. The molecule has 0 aliphatic heterocycles. The van der Waals surface area contributed by atoms with Gasteiger partial charge in [-0.2, -0.15) is 0 Å². The minimum absolute atomic E-state index is 0.00498. The van der Waals surface area contributed by atoms with Gasteiger partial charge in [0, 0.05) is 42.8 Å². The van der Waals surface area contributed by atoms with Crippen LogP contribution in [-0.2, 0) is 6.54 Å². The lowest BCUT2D eigenvalue weighted by Gasteiger charge is -2.13. The number of hydrogen-bond acceptors (Lipinski definition) is 6. The summed E-state index contributed by atoms with van der Waals surface area (Å²) in [5, 5.41) is 7.51. The van der Waals surface area contributed by atoms with E-state index in [1.54, 1.807) is 17.0 Å². The molecule has 0 spiro atoms. The van der Waals surface area contributed by atoms with Crippen LogP contribution in [0.25, 0.3) is 22.0 Å². The average Bonchev–Trinajstić information content (AvgIpc) is 2.80. The fourth-order valence-electron chi connectivity index (χ4n) is 3.61. The van der Waals surface area contributed by atoms with Crippen LogP contribution in [0.2, 0.25) is 0 Å². The topological polar surface area (TPSA) is 75.1 Å². The third kappa shape index (κ3) is 4.78. The maximum absolute atomic E-state index is 13.1. The van der Waals surface area contributed by atoms with Gasteiger partial charge in [0.1, 0.15) is 11.6 Å². The Hall–Kier alpha value is -3.71. The average molecular weight is 429 g/mol. The van der Waals surface area contributed by atoms with Gasteiger partial charge in [0.25, 0.3) is 5.56 Å². The molecule has 0 unspecified atom stereocenters. The highest BCUT2D eigenvalue weighted by Crippen LogP contribution is 2.23. The number of benzene rings is 1. The number of aryl methyl sites for hydroxylation is 1. The molecule has 2 N–H and O–H groups in total. The van der Waals surface area contributed by atoms with Crippen LogP contribution in [0.15, 0.2) is 71.8 Å². The molecule has 7 heteroatoms. The summed E-state index contributed by atoms with van der Waals surface area (Å²) in [5.74, 6) is 1.34. The van der Waals surface area contributed by atoms with E-state index in [-0.39, 0.29) is 5.56 Å². The maximum atomic E-state index is 13.1. The second-order valence-electron chi connectivity index (χ2n) is 7.89. The molecule has 4 rings (SSSR count). The summed E-state index contributed by atoms with van der Waals surface area (Å²) in [6.07, 6.45) is 3.60. The van der Waals surface area contributed by atoms with Crippen molar-refractivity contribution in [2.24, 2.45) is 0 Å². The van der Waals surface area contributed by atoms with E-state index < -0.39 is 0 Å². The summed E-state index contributed by atoms with van der Waals surface area (Å²) in [6, 6.07) is 17.5. The third-order valence-electron chi connectivity index (χ3n) is 5.29. The Labute approximate surface area is 187 Å². The van der Waals surface area contributed by atoms with Gasteiger partial charge in [-0.25, -0.2) is 9.97 Å². The minimum Gasteiger partial charge on any atom is -0.383 e. The number of nitrogens with zero attached hydrogens (tertiary/aromatic N) is 4. The second-order valence-corrected chi connectivity index (χ2v) is 7.89. The number of rotatable bonds is 8. The molecule has 0 aliphatic rings. The van der Waals surface area contributed by atoms with Crippen LogP contribution < -0.4 is 16.2 Å². The molecule has 0 bridgehead atoms. The molecular formula is C25H28N6O. The Morgan fingerprint density at radius 3 is 2.44 bits per heavy atom. The van der Waals surface area contributed by atoms with Crippen LogP contribution in [-0.4, -0.2) is 46.6 Å². The van der Waals surface area contributed by atoms with Crippen LogP contribution in [0.5, 0.6) is 0 Å². The zero-order valence-electron chi connectivity index (χ0n) is 18.7. The normalized spacial score (nSPS) is 11.1. The van der Waals surface area contributed by atoms with E-state index in [9.17, 15) is 4.79 Å². The Bertz CT molecular complexity index is 1250. The smallest absolute Gasteiger partial charge is 0.258 e. The lowest BCUT2D eigenvalue weighted by Crippen LogP contribution is -2.21. The summed E-state index contributed by atoms with van der Waals surface area (Å²) >= 11 is 0. The van der Waals surface area contributed by atoms with Gasteiger partial charge in [-0.15, -0.1) is 0 Å². The fourth-order valence-corrected chi connectivity index (χ4v) is 3.61. The zero-order chi connectivity index (χ0) is 22.5. The van der Waals surface area contributed by atoms with Gasteiger partial charge in [-0.3, -0.25) is 4.79 Å². The first kappa shape index (κ1) is 21.5. The Kier molecular flexibility index (Phi) is 6.47. The van der Waals surface area contributed by atoms with E-state index in [0.29, 0.717) is 23.7 Å². The van der Waals surface area contributed by atoms with Crippen molar-refractivity contribution in [3.8, 4) is 11.1 Å². The molecule has 4 aromatic rings. The molecule has 164 valence electrons. The first-order chi connectivity index (χ1) is 15.5. The number of pyridine rings is 3. The van der Waals surface area contributed by atoms with E-state index in [2.05, 4.69) is 25.5 Å². The van der Waals surface area contributed by atoms with Crippen LogP contribution in [0.1, 0.15) is 6.92 Å². The SMILES string of the molecule is CCn1c(=O)c(-c2ccccc2)cc2cnc(Nc3ccc(NCCN(C)C)cn3)cc21. The number of aromatic nitrogens is 3. The summed E-state index contributed by atoms with van der Waals surface area (Å²) in [7, 11) is 4.09. The first-order valence-corrected chi connectivity index (χ1v) is 10.8. The number of fused-ring (bicyclic) bond motifs is 1. The first-order valence-electron chi connectivity index (χ1n) is 10.8. The van der Waals surface area contributed by atoms with Crippen molar-refractivity contribution in [1.82, 2.24) is 19.4 Å². The molecule has 0 atom stereocenters. The van der Waals surface area contributed by atoms with Crippen molar-refractivity contribution in [2.45, 2.75) is 13.5 Å². The van der Waals surface area contributed by atoms with E-state index >= 15 is 0 Å². The third-order valence-corrected chi connectivity index (χ3v) is 5.29. The van der Waals surface area contributed by atoms with Crippen LogP contribution >= 0.6 is 0 Å². The van der Waals surface area contributed by atoms with Gasteiger partial charge in [-0.05, 0) is 44.8 Å². The van der Waals surface area contributed by atoms with E-state index in [1.807, 2.05) is 75.6 Å². The Morgan fingerprint density at radius 2 is 1.75 bits per heavy atom. The van der Waals surface area contributed by atoms with Crippen molar-refractivity contribution in [2.75, 3.05) is 37.8 Å². The predicted octanol–water partition coefficient (Wildman–Crippen LogP) is 4.20. The molecule has 0 radical (unpaired) electrons. The van der Waals surface area contributed by atoms with Crippen LogP contribution in [0, 0.1) is 0 Å². The molecule has 3 aromatic heterocycles. The fraction of sp³-hybridized carbons (Fsp3) is 0.240. The molecule has 32 heavy (non-hydrogen) atoms. The largest absolute Gasteiger partial charge is 0.383 e. The monoisotopic (exact) mass is 428 g/mol. The summed E-state index contributed by atoms with van der Waals surface area (Å²) in [6.45, 7) is 4.36. The summed E-state index contributed by atoms with van der Waals surface area (Å²) in [4.78, 5) is 24.3. The molecule has 1 aromatic carbocycles. The Morgan fingerprint density at radius 1 is 0.969 bits per heavy atom. The van der Waals surface area contributed by atoms with Gasteiger partial charge in [0.05, 0.1) is 17.4 Å². The lowest BCUT2D eigenvalue weighted by atomic mass is 10.1. The van der Waals surface area contributed by atoms with Crippen molar-refractivity contribution < 1.29 is 0 Å². The Balaban J connectivity index is 1.59. The van der Waals surface area contributed by atoms with Crippen LogP contribution in [0.3, 0.4) is 0 Å². The minimum atomic E-state index is -0.00498. The highest BCUT2D eigenvalue weighted by atomic mass is 16.1. The van der Waals surface area contributed by atoms with Crippen LogP contribution in [0.4, 0.5) is 17.3 Å². The van der Waals surface area contributed by atoms with Crippen molar-refractivity contribution >= 4 is 28.2 Å². The number of likely N-dealkylation sites (N-methyl/N-ethyl adjacent to an activating group) is 1. The van der Waals surface area contributed by atoms with Gasteiger partial charge in [0.15, 0.2) is 0 Å². The summed E-state index contributed by atoms with van der Waals surface area (Å²) < 4.78 is 1.79. The molecule has 0 amide bonds. The lowest BCUT2D eigenvalue weighted by molar-refractivity contribution is 0.425. The molecule has 0 fully saturated rings. The summed E-state index contributed by atoms with van der Waals surface area (Å²) in [5.41, 5.74) is 3.40. The van der Waals surface area contributed by atoms with E-state index in [0.717, 1.165) is 35.2 Å². The maximum Gasteiger partial charge on any atom is 0.258 e. The van der Waals surface area contributed by atoms with Gasteiger partial charge < -0.3 is 20.1 Å². The second kappa shape index (κ2) is 9.62. The van der Waals surface area contributed by atoms with Gasteiger partial charge in [-0.1, -0.05) is 30.3 Å². The van der Waals surface area contributed by atoms with Gasteiger partial charge in [0.2, 0.25) is 0 Å². The standard InChI is InChI=1S/C25H28N6O/c1-4-31-22-15-24(29-23-11-10-20(17-28-23)26-12-13-30(2)3)27-16-19(22)14-21(25(31)32)18-8-6-5-7-9-18/h5-11,14-17,26H,4,12-13H2,1-3H3,(H,27,28,29). The zero-order valence-corrected chi connectivity index (χ0v) is 18.7. The van der Waals surface area contributed by atoms with Gasteiger partial charge >= 0.3 is 0 Å². The number of nitrogens with one attached hydrogen (secondary N) is 2. The molecule has 0 aliphatic carbocycles. The van der Waals surface area contributed by atoms with Crippen molar-refractivity contribution in [3.63, 3.8) is 0 Å². The van der Waals surface area contributed by atoms with Crippen molar-refractivity contribution in [1.29, 1.82) is 0 Å². The van der Waals surface area contributed by atoms with E-state index in [1.165, 1.54) is 0 Å². The van der Waals surface area contributed by atoms with Crippen molar-refractivity contribution in [3.05, 3.63) is 77.3 Å². The van der Waals surface area contributed by atoms with E-state index in [4.69, 9.17) is 0 Å². The molecule has 0 saturated carbocycles. The highest BCUT2D eigenvalue weighted by Gasteiger charge is 2.11. The highest BCUT2D eigenvalue weighted by molar-refractivity contribution is 5.85.